The van der Waals surface area contributed by atoms with Crippen LogP contribution in [0.5, 0.6) is 0 Å². The molecule has 2 aliphatic rings. The van der Waals surface area contributed by atoms with Crippen molar-refractivity contribution in [1.29, 1.82) is 0 Å². The predicted molar refractivity (Wildman–Crippen MR) is 125 cm³/mol. The van der Waals surface area contributed by atoms with E-state index in [2.05, 4.69) is 15.9 Å². The topological polar surface area (TPSA) is 45.6 Å². The van der Waals surface area contributed by atoms with Crippen molar-refractivity contribution in [2.75, 3.05) is 31.1 Å². The minimum atomic E-state index is -3.72. The second-order valence-electron chi connectivity index (χ2n) is 8.62. The highest BCUT2D eigenvalue weighted by Gasteiger charge is 2.31. The van der Waals surface area contributed by atoms with Gasteiger partial charge < -0.3 is 4.90 Å². The second kappa shape index (κ2) is 7.11. The molecule has 0 unspecified atom stereocenters. The molecule has 2 fully saturated rings. The van der Waals surface area contributed by atoms with E-state index in [1.165, 1.54) is 23.4 Å². The maximum atomic E-state index is 13.7. The number of piperazine rings is 1. The van der Waals surface area contributed by atoms with Crippen LogP contribution in [-0.2, 0) is 10.0 Å². The molecule has 6 heteroatoms. The zero-order chi connectivity index (χ0) is 21.0. The highest BCUT2D eigenvalue weighted by atomic mass is 32.2. The van der Waals surface area contributed by atoms with Gasteiger partial charge in [0.1, 0.15) is 0 Å². The Morgan fingerprint density at radius 2 is 1.71 bits per heavy atom. The Morgan fingerprint density at radius 1 is 0.839 bits per heavy atom. The van der Waals surface area contributed by atoms with Gasteiger partial charge in [0, 0.05) is 48.3 Å². The molecule has 0 bridgehead atoms. The van der Waals surface area contributed by atoms with Gasteiger partial charge >= 0.3 is 0 Å². The first-order valence-corrected chi connectivity index (χ1v) is 12.4. The average Bonchev–Trinajstić information content (AvgIpc) is 3.44. The number of aromatic nitrogens is 1. The van der Waals surface area contributed by atoms with Gasteiger partial charge in [-0.15, -0.1) is 0 Å². The van der Waals surface area contributed by atoms with Crippen molar-refractivity contribution in [2.45, 2.75) is 23.8 Å². The van der Waals surface area contributed by atoms with E-state index in [0.717, 1.165) is 47.0 Å². The van der Waals surface area contributed by atoms with Gasteiger partial charge in [-0.1, -0.05) is 42.5 Å². The van der Waals surface area contributed by atoms with Gasteiger partial charge in [0.05, 0.1) is 10.4 Å². The second-order valence-corrected chi connectivity index (χ2v) is 10.4. The van der Waals surface area contributed by atoms with Gasteiger partial charge in [0.2, 0.25) is 0 Å². The Kier molecular flexibility index (Phi) is 4.33. The average molecular weight is 432 g/mol. The Bertz CT molecular complexity index is 1390. The SMILES string of the molecule is O=S(=O)(c1cccc2ccccc12)n1ccc2ccc(N3CCN4CCC[C@H]4C3)cc21. The van der Waals surface area contributed by atoms with Crippen molar-refractivity contribution in [3.8, 4) is 0 Å². The zero-order valence-electron chi connectivity index (χ0n) is 17.3. The number of nitrogens with zero attached hydrogens (tertiary/aromatic N) is 3. The number of anilines is 1. The highest BCUT2D eigenvalue weighted by molar-refractivity contribution is 7.90. The molecule has 31 heavy (non-hydrogen) atoms. The molecule has 0 radical (unpaired) electrons. The van der Waals surface area contributed by atoms with E-state index in [0.29, 0.717) is 10.9 Å². The summed E-state index contributed by atoms with van der Waals surface area (Å²) in [6.07, 6.45) is 4.22. The van der Waals surface area contributed by atoms with Crippen molar-refractivity contribution in [2.24, 2.45) is 0 Å². The first kappa shape index (κ1) is 18.9. The van der Waals surface area contributed by atoms with E-state index >= 15 is 0 Å². The summed E-state index contributed by atoms with van der Waals surface area (Å²) in [5.41, 5.74) is 1.84. The molecule has 3 aromatic carbocycles. The van der Waals surface area contributed by atoms with Crippen LogP contribution in [0.2, 0.25) is 0 Å². The molecular formula is C25H25N3O2S. The third kappa shape index (κ3) is 3.05. The van der Waals surface area contributed by atoms with Gasteiger partial charge in [-0.2, -0.15) is 0 Å². The van der Waals surface area contributed by atoms with Gasteiger partial charge in [0.25, 0.3) is 10.0 Å². The van der Waals surface area contributed by atoms with E-state index < -0.39 is 10.0 Å². The van der Waals surface area contributed by atoms with Crippen LogP contribution in [0.4, 0.5) is 5.69 Å². The summed E-state index contributed by atoms with van der Waals surface area (Å²) in [6, 6.07) is 21.8. The Labute approximate surface area is 182 Å². The normalized spacial score (nSPS) is 19.9. The lowest BCUT2D eigenvalue weighted by molar-refractivity contribution is 0.231. The number of hydrogen-bond donors (Lipinski definition) is 0. The monoisotopic (exact) mass is 431 g/mol. The van der Waals surface area contributed by atoms with Crippen LogP contribution in [-0.4, -0.2) is 49.5 Å². The summed E-state index contributed by atoms with van der Waals surface area (Å²) in [6.45, 7) is 4.29. The fourth-order valence-corrected chi connectivity index (χ4v) is 6.82. The van der Waals surface area contributed by atoms with E-state index in [9.17, 15) is 8.42 Å². The Balaban J connectivity index is 1.44. The molecule has 2 aliphatic heterocycles. The molecule has 1 atom stereocenters. The molecule has 4 aromatic rings. The minimum Gasteiger partial charge on any atom is -0.369 e. The molecule has 6 rings (SSSR count). The lowest BCUT2D eigenvalue weighted by Crippen LogP contribution is -2.50. The lowest BCUT2D eigenvalue weighted by Gasteiger charge is -2.38. The molecule has 0 N–H and O–H groups in total. The quantitative estimate of drug-likeness (QED) is 0.485. The highest BCUT2D eigenvalue weighted by Crippen LogP contribution is 2.31. The van der Waals surface area contributed by atoms with Crippen LogP contribution < -0.4 is 4.90 Å². The fourth-order valence-electron chi connectivity index (χ4n) is 5.25. The molecule has 0 aliphatic carbocycles. The summed E-state index contributed by atoms with van der Waals surface area (Å²) in [5.74, 6) is 0. The van der Waals surface area contributed by atoms with Crippen molar-refractivity contribution < 1.29 is 8.42 Å². The van der Waals surface area contributed by atoms with Crippen molar-refractivity contribution >= 4 is 37.4 Å². The van der Waals surface area contributed by atoms with Crippen LogP contribution >= 0.6 is 0 Å². The van der Waals surface area contributed by atoms with E-state index in [1.807, 2.05) is 54.6 Å². The molecule has 0 amide bonds. The number of fused-ring (bicyclic) bond motifs is 3. The van der Waals surface area contributed by atoms with Gasteiger partial charge in [-0.25, -0.2) is 12.4 Å². The summed E-state index contributed by atoms with van der Waals surface area (Å²) in [4.78, 5) is 5.34. The van der Waals surface area contributed by atoms with Gasteiger partial charge in [-0.05, 0) is 49.0 Å². The maximum Gasteiger partial charge on any atom is 0.268 e. The van der Waals surface area contributed by atoms with Crippen molar-refractivity contribution in [3.63, 3.8) is 0 Å². The lowest BCUT2D eigenvalue weighted by atomic mass is 10.1. The number of hydrogen-bond acceptors (Lipinski definition) is 4. The molecule has 5 nitrogen and oxygen atoms in total. The molecule has 2 saturated heterocycles. The molecule has 1 aromatic heterocycles. The van der Waals surface area contributed by atoms with Gasteiger partial charge in [0.15, 0.2) is 0 Å². The predicted octanol–water partition coefficient (Wildman–Crippen LogP) is 4.32. The van der Waals surface area contributed by atoms with Crippen molar-refractivity contribution in [3.05, 3.63) is 72.9 Å². The zero-order valence-corrected chi connectivity index (χ0v) is 18.1. The number of rotatable bonds is 3. The van der Waals surface area contributed by atoms with Crippen LogP contribution in [0, 0.1) is 0 Å². The van der Waals surface area contributed by atoms with Crippen LogP contribution in [0.25, 0.3) is 21.7 Å². The minimum absolute atomic E-state index is 0.341. The number of benzene rings is 3. The first-order valence-electron chi connectivity index (χ1n) is 10.9. The first-order chi connectivity index (χ1) is 15.1. The molecular weight excluding hydrogens is 406 g/mol. The molecule has 0 saturated carbocycles. The van der Waals surface area contributed by atoms with Crippen LogP contribution in [0.3, 0.4) is 0 Å². The Morgan fingerprint density at radius 3 is 2.65 bits per heavy atom. The van der Waals surface area contributed by atoms with E-state index in [4.69, 9.17) is 0 Å². The van der Waals surface area contributed by atoms with Crippen molar-refractivity contribution in [1.82, 2.24) is 8.87 Å². The summed E-state index contributed by atoms with van der Waals surface area (Å²) in [7, 11) is -3.72. The largest absolute Gasteiger partial charge is 0.369 e. The fraction of sp³-hybridized carbons (Fsp3) is 0.280. The van der Waals surface area contributed by atoms with Crippen LogP contribution in [0.1, 0.15) is 12.8 Å². The Hall–Kier alpha value is -2.83. The smallest absolute Gasteiger partial charge is 0.268 e. The van der Waals surface area contributed by atoms with E-state index in [-0.39, 0.29) is 0 Å². The third-order valence-corrected chi connectivity index (χ3v) is 8.63. The molecule has 158 valence electrons. The van der Waals surface area contributed by atoms with Gasteiger partial charge in [-0.3, -0.25) is 4.90 Å². The summed E-state index contributed by atoms with van der Waals surface area (Å²) >= 11 is 0. The van der Waals surface area contributed by atoms with E-state index in [1.54, 1.807) is 12.3 Å². The molecule has 3 heterocycles. The maximum absolute atomic E-state index is 13.7. The summed E-state index contributed by atoms with van der Waals surface area (Å²) < 4.78 is 28.8. The third-order valence-electron chi connectivity index (χ3n) is 6.88. The molecule has 0 spiro atoms. The standard InChI is InChI=1S/C25H25N3O2S/c29-31(30,25-9-3-6-19-5-1-2-8-23(19)25)28-14-12-20-10-11-21(17-24(20)28)27-16-15-26-13-4-7-22(26)18-27/h1-3,5-6,8-12,14,17,22H,4,7,13,15-16,18H2/t22-/m0/s1. The van der Waals surface area contributed by atoms with Crippen LogP contribution in [0.15, 0.2) is 77.8 Å². The summed E-state index contributed by atoms with van der Waals surface area (Å²) in [5, 5.41) is 2.61.